The average molecular weight is 292 g/mol. The van der Waals surface area contributed by atoms with Gasteiger partial charge in [-0.25, -0.2) is 0 Å². The molecule has 1 N–H and O–H groups in total. The lowest BCUT2D eigenvalue weighted by atomic mass is 9.88. The number of aliphatic hydroxyl groups excluding tert-OH is 1. The van der Waals surface area contributed by atoms with Crippen LogP contribution in [0.1, 0.15) is 20.3 Å². The van der Waals surface area contributed by atoms with E-state index < -0.39 is 0 Å². The number of methoxy groups -OCH3 is 1. The Kier molecular flexibility index (Phi) is 5.48. The fourth-order valence-corrected chi connectivity index (χ4v) is 2.77. The van der Waals surface area contributed by atoms with Crippen molar-refractivity contribution in [3.8, 4) is 5.75 Å². The summed E-state index contributed by atoms with van der Waals surface area (Å²) in [5.74, 6) is 0.902. The number of hydrogen-bond donors (Lipinski definition) is 1. The van der Waals surface area contributed by atoms with E-state index >= 15 is 0 Å². The summed E-state index contributed by atoms with van der Waals surface area (Å²) in [7, 11) is 1.69. The minimum Gasteiger partial charge on any atom is -0.497 e. The van der Waals surface area contributed by atoms with Gasteiger partial charge >= 0.3 is 0 Å². The van der Waals surface area contributed by atoms with Crippen LogP contribution in [0.2, 0.25) is 0 Å². The van der Waals surface area contributed by atoms with Crippen LogP contribution in [0, 0.1) is 5.41 Å². The van der Waals surface area contributed by atoms with Crippen LogP contribution < -0.4 is 9.64 Å². The summed E-state index contributed by atoms with van der Waals surface area (Å²) in [6.45, 7) is 9.77. The van der Waals surface area contributed by atoms with Crippen LogP contribution in [0.15, 0.2) is 24.3 Å². The van der Waals surface area contributed by atoms with Crippen molar-refractivity contribution in [1.29, 1.82) is 0 Å². The molecule has 1 aliphatic heterocycles. The second-order valence-corrected chi connectivity index (χ2v) is 6.28. The van der Waals surface area contributed by atoms with Crippen molar-refractivity contribution in [2.75, 3.05) is 51.3 Å². The maximum absolute atomic E-state index is 9.55. The Balaban J connectivity index is 1.87. The number of hydrogen-bond acceptors (Lipinski definition) is 4. The molecule has 118 valence electrons. The van der Waals surface area contributed by atoms with E-state index in [1.807, 2.05) is 12.1 Å². The Hall–Kier alpha value is -1.26. The van der Waals surface area contributed by atoms with Gasteiger partial charge in [-0.1, -0.05) is 13.8 Å². The molecule has 1 aromatic carbocycles. The lowest BCUT2D eigenvalue weighted by Gasteiger charge is -2.40. The number of benzene rings is 1. The molecule has 1 heterocycles. The van der Waals surface area contributed by atoms with Crippen LogP contribution in [-0.4, -0.2) is 56.4 Å². The number of aliphatic hydroxyl groups is 1. The third-order valence-corrected chi connectivity index (χ3v) is 4.65. The number of nitrogens with zero attached hydrogens (tertiary/aromatic N) is 2. The van der Waals surface area contributed by atoms with Crippen molar-refractivity contribution in [2.45, 2.75) is 20.3 Å². The monoisotopic (exact) mass is 292 g/mol. The molecule has 1 aliphatic rings. The van der Waals surface area contributed by atoms with Crippen LogP contribution in [0.4, 0.5) is 5.69 Å². The Labute approximate surface area is 128 Å². The summed E-state index contributed by atoms with van der Waals surface area (Å²) in [5, 5.41) is 9.55. The minimum absolute atomic E-state index is 0.0300. The van der Waals surface area contributed by atoms with Crippen LogP contribution in [0.25, 0.3) is 0 Å². The first-order valence-corrected chi connectivity index (χ1v) is 7.82. The van der Waals surface area contributed by atoms with Gasteiger partial charge in [0.05, 0.1) is 7.11 Å². The second kappa shape index (κ2) is 7.14. The quantitative estimate of drug-likeness (QED) is 0.872. The van der Waals surface area contributed by atoms with Crippen molar-refractivity contribution < 1.29 is 9.84 Å². The molecule has 0 radical (unpaired) electrons. The first-order chi connectivity index (χ1) is 10.1. The Bertz CT molecular complexity index is 421. The highest BCUT2D eigenvalue weighted by Gasteiger charge is 2.26. The van der Waals surface area contributed by atoms with Gasteiger partial charge in [-0.2, -0.15) is 0 Å². The van der Waals surface area contributed by atoms with Gasteiger partial charge in [0, 0.05) is 50.4 Å². The minimum atomic E-state index is 0.0300. The van der Waals surface area contributed by atoms with Gasteiger partial charge in [-0.15, -0.1) is 0 Å². The highest BCUT2D eigenvalue weighted by Crippen LogP contribution is 2.24. The molecule has 0 bridgehead atoms. The van der Waals surface area contributed by atoms with E-state index in [1.165, 1.54) is 5.69 Å². The Morgan fingerprint density at radius 2 is 1.76 bits per heavy atom. The summed E-state index contributed by atoms with van der Waals surface area (Å²) in [5.41, 5.74) is 1.29. The molecule has 1 saturated heterocycles. The summed E-state index contributed by atoms with van der Waals surface area (Å²) in [6.07, 6.45) is 1.02. The van der Waals surface area contributed by atoms with Crippen molar-refractivity contribution >= 4 is 5.69 Å². The van der Waals surface area contributed by atoms with E-state index in [0.717, 1.165) is 44.9 Å². The topological polar surface area (TPSA) is 35.9 Å². The van der Waals surface area contributed by atoms with Gasteiger partial charge in [0.1, 0.15) is 5.75 Å². The van der Waals surface area contributed by atoms with Crippen molar-refractivity contribution in [3.05, 3.63) is 24.3 Å². The first kappa shape index (κ1) is 16.1. The highest BCUT2D eigenvalue weighted by molar-refractivity contribution is 5.49. The summed E-state index contributed by atoms with van der Waals surface area (Å²) in [4.78, 5) is 4.89. The first-order valence-electron chi connectivity index (χ1n) is 7.82. The van der Waals surface area contributed by atoms with Gasteiger partial charge in [-0.3, -0.25) is 4.90 Å². The summed E-state index contributed by atoms with van der Waals surface area (Å²) in [6, 6.07) is 8.28. The maximum Gasteiger partial charge on any atom is 0.119 e. The number of anilines is 1. The van der Waals surface area contributed by atoms with Crippen LogP contribution >= 0.6 is 0 Å². The molecule has 1 aromatic rings. The zero-order valence-electron chi connectivity index (χ0n) is 13.5. The molecule has 1 atom stereocenters. The lowest BCUT2D eigenvalue weighted by Crippen LogP contribution is -2.50. The highest BCUT2D eigenvalue weighted by atomic mass is 16.5. The molecular formula is C17H28N2O2. The summed E-state index contributed by atoms with van der Waals surface area (Å²) >= 11 is 0. The predicted octanol–water partition coefficient (Wildman–Crippen LogP) is 2.23. The fraction of sp³-hybridized carbons (Fsp3) is 0.647. The molecule has 1 unspecified atom stereocenters. The number of ether oxygens (including phenoxy) is 1. The third-order valence-electron chi connectivity index (χ3n) is 4.65. The Morgan fingerprint density at radius 3 is 2.24 bits per heavy atom. The second-order valence-electron chi connectivity index (χ2n) is 6.28. The van der Waals surface area contributed by atoms with Crippen LogP contribution in [0.5, 0.6) is 5.75 Å². The van der Waals surface area contributed by atoms with E-state index in [4.69, 9.17) is 4.74 Å². The maximum atomic E-state index is 9.55. The average Bonchev–Trinajstić information content (AvgIpc) is 2.55. The number of rotatable bonds is 6. The molecule has 0 aliphatic carbocycles. The van der Waals surface area contributed by atoms with E-state index in [9.17, 15) is 5.11 Å². The third kappa shape index (κ3) is 4.11. The number of piperazine rings is 1. The molecule has 4 nitrogen and oxygen atoms in total. The molecule has 0 aromatic heterocycles. The zero-order chi connectivity index (χ0) is 15.3. The molecule has 1 fully saturated rings. The normalized spacial score (nSPS) is 19.3. The van der Waals surface area contributed by atoms with Crippen molar-refractivity contribution in [2.24, 2.45) is 5.41 Å². The van der Waals surface area contributed by atoms with Crippen LogP contribution in [-0.2, 0) is 0 Å². The van der Waals surface area contributed by atoms with Gasteiger partial charge in [-0.05, 0) is 30.7 Å². The molecule has 4 heteroatoms. The molecule has 0 amide bonds. The zero-order valence-corrected chi connectivity index (χ0v) is 13.5. The van der Waals surface area contributed by atoms with E-state index in [2.05, 4.69) is 35.8 Å². The molecule has 21 heavy (non-hydrogen) atoms. The standard InChI is InChI=1S/C17H28N2O2/c1-4-17(2,14-20)13-18-9-11-19(12-10-18)15-5-7-16(21-3)8-6-15/h5-8,20H,4,9-14H2,1-3H3. The van der Waals surface area contributed by atoms with Crippen molar-refractivity contribution in [3.63, 3.8) is 0 Å². The van der Waals surface area contributed by atoms with Gasteiger partial charge in [0.15, 0.2) is 0 Å². The fourth-order valence-electron chi connectivity index (χ4n) is 2.77. The van der Waals surface area contributed by atoms with Gasteiger partial charge in [0.2, 0.25) is 0 Å². The molecular weight excluding hydrogens is 264 g/mol. The predicted molar refractivity (Wildman–Crippen MR) is 87.1 cm³/mol. The van der Waals surface area contributed by atoms with Crippen LogP contribution in [0.3, 0.4) is 0 Å². The van der Waals surface area contributed by atoms with Gasteiger partial charge in [0.25, 0.3) is 0 Å². The lowest BCUT2D eigenvalue weighted by molar-refractivity contribution is 0.0818. The molecule has 2 rings (SSSR count). The summed E-state index contributed by atoms with van der Waals surface area (Å²) < 4.78 is 5.20. The molecule has 0 spiro atoms. The van der Waals surface area contributed by atoms with Gasteiger partial charge < -0.3 is 14.7 Å². The Morgan fingerprint density at radius 1 is 1.14 bits per heavy atom. The smallest absolute Gasteiger partial charge is 0.119 e. The SMILES string of the molecule is CCC(C)(CO)CN1CCN(c2ccc(OC)cc2)CC1. The van der Waals surface area contributed by atoms with E-state index in [1.54, 1.807) is 7.11 Å². The largest absolute Gasteiger partial charge is 0.497 e. The van der Waals surface area contributed by atoms with E-state index in [-0.39, 0.29) is 12.0 Å². The van der Waals surface area contributed by atoms with E-state index in [0.29, 0.717) is 0 Å². The van der Waals surface area contributed by atoms with Crippen molar-refractivity contribution in [1.82, 2.24) is 4.90 Å². The molecule has 0 saturated carbocycles.